The van der Waals surface area contributed by atoms with E-state index in [4.69, 9.17) is 17.3 Å². The molecule has 2 aromatic rings. The maximum Gasteiger partial charge on any atom is 0.256 e. The van der Waals surface area contributed by atoms with Gasteiger partial charge < -0.3 is 16.0 Å². The van der Waals surface area contributed by atoms with Crippen LogP contribution >= 0.6 is 27.5 Å². The molecule has 0 saturated carbocycles. The first-order chi connectivity index (χ1) is 12.0. The van der Waals surface area contributed by atoms with Crippen LogP contribution in [-0.2, 0) is 0 Å². The van der Waals surface area contributed by atoms with Gasteiger partial charge in [0.1, 0.15) is 0 Å². The smallest absolute Gasteiger partial charge is 0.256 e. The minimum atomic E-state index is -0.211. The third-order valence-corrected chi connectivity index (χ3v) is 5.61. The number of nitrogens with zero attached hydrogens (tertiary/aromatic N) is 1. The van der Waals surface area contributed by atoms with Crippen molar-refractivity contribution >= 4 is 50.5 Å². The van der Waals surface area contributed by atoms with E-state index < -0.39 is 0 Å². The number of nitrogen functional groups attached to an aromatic ring is 1. The maximum atomic E-state index is 12.6. The summed E-state index contributed by atoms with van der Waals surface area (Å²) in [6.07, 6.45) is 2.28. The standard InChI is InChI=1S/C19H21BrClN3O/c1-12-6-8-24(9-7-12)18-11-17(15(21)10-16(18)22)23-19(25)13-4-2-3-5-14(13)20/h2-5,10-12H,6-9,22H2,1H3,(H,23,25). The summed E-state index contributed by atoms with van der Waals surface area (Å²) >= 11 is 9.71. The van der Waals surface area contributed by atoms with E-state index in [1.807, 2.05) is 24.3 Å². The van der Waals surface area contributed by atoms with E-state index in [0.29, 0.717) is 22.0 Å². The highest BCUT2D eigenvalue weighted by Gasteiger charge is 2.20. The van der Waals surface area contributed by atoms with Crippen molar-refractivity contribution in [3.05, 3.63) is 51.5 Å². The summed E-state index contributed by atoms with van der Waals surface area (Å²) < 4.78 is 0.740. The molecule has 0 bridgehead atoms. The van der Waals surface area contributed by atoms with Crippen LogP contribution < -0.4 is 16.0 Å². The molecule has 4 nitrogen and oxygen atoms in total. The van der Waals surface area contributed by atoms with Crippen LogP contribution in [0.15, 0.2) is 40.9 Å². The van der Waals surface area contributed by atoms with E-state index in [0.717, 1.165) is 42.0 Å². The van der Waals surface area contributed by atoms with Gasteiger partial charge in [0.15, 0.2) is 0 Å². The Morgan fingerprint density at radius 3 is 2.64 bits per heavy atom. The molecule has 1 aliphatic heterocycles. The molecule has 25 heavy (non-hydrogen) atoms. The van der Waals surface area contributed by atoms with Gasteiger partial charge in [0.25, 0.3) is 5.91 Å². The molecule has 0 atom stereocenters. The lowest BCUT2D eigenvalue weighted by Gasteiger charge is -2.33. The lowest BCUT2D eigenvalue weighted by atomic mass is 9.98. The Labute approximate surface area is 161 Å². The van der Waals surface area contributed by atoms with Crippen LogP contribution in [-0.4, -0.2) is 19.0 Å². The molecule has 0 aliphatic carbocycles. The number of nitrogens with two attached hydrogens (primary N) is 1. The van der Waals surface area contributed by atoms with E-state index in [1.54, 1.807) is 12.1 Å². The van der Waals surface area contributed by atoms with Crippen LogP contribution in [0, 0.1) is 5.92 Å². The van der Waals surface area contributed by atoms with Gasteiger partial charge in [-0.1, -0.05) is 30.7 Å². The highest BCUT2D eigenvalue weighted by atomic mass is 79.9. The minimum Gasteiger partial charge on any atom is -0.397 e. The first kappa shape index (κ1) is 18.1. The van der Waals surface area contributed by atoms with E-state index in [1.165, 1.54) is 0 Å². The molecule has 3 rings (SSSR count). The first-order valence-corrected chi connectivity index (χ1v) is 9.52. The molecule has 1 heterocycles. The molecule has 0 spiro atoms. The number of carbonyl (C=O) groups excluding carboxylic acids is 1. The normalized spacial score (nSPS) is 15.2. The number of hydrogen-bond donors (Lipinski definition) is 2. The molecule has 0 aromatic heterocycles. The van der Waals surface area contributed by atoms with Gasteiger partial charge in [-0.05, 0) is 59.0 Å². The largest absolute Gasteiger partial charge is 0.397 e. The average molecular weight is 423 g/mol. The monoisotopic (exact) mass is 421 g/mol. The predicted molar refractivity (Wildman–Crippen MR) is 109 cm³/mol. The predicted octanol–water partition coefficient (Wildman–Crippen LogP) is 5.17. The summed E-state index contributed by atoms with van der Waals surface area (Å²) in [6, 6.07) is 10.9. The molecule has 1 saturated heterocycles. The highest BCUT2D eigenvalue weighted by Crippen LogP contribution is 2.35. The van der Waals surface area contributed by atoms with Gasteiger partial charge in [0.05, 0.1) is 27.6 Å². The SMILES string of the molecule is CC1CCN(c2cc(NC(=O)c3ccccc3Br)c(Cl)cc2N)CC1. The van der Waals surface area contributed by atoms with Gasteiger partial charge in [-0.2, -0.15) is 0 Å². The summed E-state index contributed by atoms with van der Waals surface area (Å²) in [4.78, 5) is 14.8. The van der Waals surface area contributed by atoms with Crippen LogP contribution in [0.25, 0.3) is 0 Å². The van der Waals surface area contributed by atoms with Gasteiger partial charge >= 0.3 is 0 Å². The third-order valence-electron chi connectivity index (χ3n) is 4.61. The van der Waals surface area contributed by atoms with E-state index in [9.17, 15) is 4.79 Å². The topological polar surface area (TPSA) is 58.4 Å². The molecule has 1 aliphatic rings. The zero-order valence-corrected chi connectivity index (χ0v) is 16.4. The Morgan fingerprint density at radius 1 is 1.28 bits per heavy atom. The third kappa shape index (κ3) is 4.10. The second-order valence-corrected chi connectivity index (χ2v) is 7.76. The summed E-state index contributed by atoms with van der Waals surface area (Å²) in [5.74, 6) is 0.525. The zero-order valence-electron chi connectivity index (χ0n) is 14.1. The number of halogens is 2. The van der Waals surface area contributed by atoms with Crippen LogP contribution in [0.2, 0.25) is 5.02 Å². The number of hydrogen-bond acceptors (Lipinski definition) is 3. The number of nitrogens with one attached hydrogen (secondary N) is 1. The Balaban J connectivity index is 1.85. The average Bonchev–Trinajstić information content (AvgIpc) is 2.58. The van der Waals surface area contributed by atoms with Crippen LogP contribution in [0.3, 0.4) is 0 Å². The van der Waals surface area contributed by atoms with E-state index >= 15 is 0 Å². The number of amides is 1. The molecule has 6 heteroatoms. The maximum absolute atomic E-state index is 12.6. The molecule has 0 radical (unpaired) electrons. The molecule has 2 aromatic carbocycles. The Hall–Kier alpha value is -1.72. The number of rotatable bonds is 3. The molecule has 1 amide bonds. The fourth-order valence-corrected chi connectivity index (χ4v) is 3.72. The van der Waals surface area contributed by atoms with Crippen LogP contribution in [0.4, 0.5) is 17.1 Å². The first-order valence-electron chi connectivity index (χ1n) is 8.35. The van der Waals surface area contributed by atoms with Crippen molar-refractivity contribution < 1.29 is 4.79 Å². The number of carbonyl (C=O) groups is 1. The quantitative estimate of drug-likeness (QED) is 0.671. The Morgan fingerprint density at radius 2 is 1.96 bits per heavy atom. The number of piperidine rings is 1. The number of anilines is 3. The molecule has 3 N–H and O–H groups in total. The van der Waals surface area contributed by atoms with Crippen molar-refractivity contribution in [3.8, 4) is 0 Å². The minimum absolute atomic E-state index is 0.211. The lowest BCUT2D eigenvalue weighted by Crippen LogP contribution is -2.33. The molecular weight excluding hydrogens is 402 g/mol. The van der Waals surface area contributed by atoms with Crippen molar-refractivity contribution in [3.63, 3.8) is 0 Å². The molecule has 1 fully saturated rings. The molecule has 0 unspecified atom stereocenters. The molecule has 132 valence electrons. The summed E-state index contributed by atoms with van der Waals surface area (Å²) in [5, 5.41) is 3.34. The van der Waals surface area contributed by atoms with Gasteiger partial charge in [-0.3, -0.25) is 4.79 Å². The summed E-state index contributed by atoms with van der Waals surface area (Å²) in [6.45, 7) is 4.20. The Bertz CT molecular complexity index is 788. The second-order valence-electron chi connectivity index (χ2n) is 6.49. The molecular formula is C19H21BrClN3O. The van der Waals surface area contributed by atoms with Crippen molar-refractivity contribution in [2.75, 3.05) is 29.0 Å². The van der Waals surface area contributed by atoms with Crippen LogP contribution in [0.5, 0.6) is 0 Å². The van der Waals surface area contributed by atoms with Crippen molar-refractivity contribution in [1.82, 2.24) is 0 Å². The lowest BCUT2D eigenvalue weighted by molar-refractivity contribution is 0.102. The van der Waals surface area contributed by atoms with Gasteiger partial charge in [-0.25, -0.2) is 0 Å². The zero-order chi connectivity index (χ0) is 18.0. The van der Waals surface area contributed by atoms with Crippen LogP contribution in [0.1, 0.15) is 30.1 Å². The summed E-state index contributed by atoms with van der Waals surface area (Å²) in [7, 11) is 0. The van der Waals surface area contributed by atoms with E-state index in [2.05, 4.69) is 33.1 Å². The van der Waals surface area contributed by atoms with Gasteiger partial charge in [0.2, 0.25) is 0 Å². The fraction of sp³-hybridized carbons (Fsp3) is 0.316. The Kier molecular flexibility index (Phi) is 5.54. The highest BCUT2D eigenvalue weighted by molar-refractivity contribution is 9.10. The van der Waals surface area contributed by atoms with Gasteiger partial charge in [0, 0.05) is 17.6 Å². The summed E-state index contributed by atoms with van der Waals surface area (Å²) in [5.41, 5.74) is 8.88. The van der Waals surface area contributed by atoms with Crippen molar-refractivity contribution in [2.24, 2.45) is 5.92 Å². The van der Waals surface area contributed by atoms with Crippen molar-refractivity contribution in [1.29, 1.82) is 0 Å². The van der Waals surface area contributed by atoms with E-state index in [-0.39, 0.29) is 5.91 Å². The number of benzene rings is 2. The van der Waals surface area contributed by atoms with Gasteiger partial charge in [-0.15, -0.1) is 0 Å². The second kappa shape index (κ2) is 7.67. The fourth-order valence-electron chi connectivity index (χ4n) is 3.03. The van der Waals surface area contributed by atoms with Crippen molar-refractivity contribution in [2.45, 2.75) is 19.8 Å².